The van der Waals surface area contributed by atoms with Crippen LogP contribution in [0.15, 0.2) is 102 Å². The second kappa shape index (κ2) is 8.04. The number of aryl methyl sites for hydroxylation is 4. The van der Waals surface area contributed by atoms with Gasteiger partial charge in [-0.3, -0.25) is 0 Å². The summed E-state index contributed by atoms with van der Waals surface area (Å²) in [7, 11) is 2.11. The first-order chi connectivity index (χ1) is 18.0. The minimum absolute atomic E-state index is 0.947. The molecule has 178 valence electrons. The zero-order valence-electron chi connectivity index (χ0n) is 21.6. The molecule has 7 rings (SSSR count). The fourth-order valence-corrected chi connectivity index (χ4v) is 6.15. The van der Waals surface area contributed by atoms with E-state index in [0.717, 1.165) is 28.0 Å². The van der Waals surface area contributed by atoms with E-state index in [0.29, 0.717) is 0 Å². The number of hydrogen-bond acceptors (Lipinski definition) is 1. The summed E-state index contributed by atoms with van der Waals surface area (Å²) in [6, 6.07) is 32.9. The zero-order valence-corrected chi connectivity index (χ0v) is 21.6. The minimum atomic E-state index is 0.947. The Balaban J connectivity index is 1.61. The van der Waals surface area contributed by atoms with Crippen LogP contribution in [-0.4, -0.2) is 0 Å². The quantitative estimate of drug-likeness (QED) is 0.179. The third-order valence-electron chi connectivity index (χ3n) is 7.76. The van der Waals surface area contributed by atoms with E-state index in [-0.39, 0.29) is 0 Å². The third kappa shape index (κ3) is 3.22. The molecule has 0 aliphatic carbocycles. The molecule has 0 fully saturated rings. The summed E-state index contributed by atoms with van der Waals surface area (Å²) in [6.45, 7) is 6.51. The van der Waals surface area contributed by atoms with E-state index < -0.39 is 0 Å². The largest absolute Gasteiger partial charge is 0.454 e. The monoisotopic (exact) mass is 478 g/mol. The Morgan fingerprint density at radius 2 is 1.32 bits per heavy atom. The smallest absolute Gasteiger partial charge is 0.216 e. The Hall–Kier alpha value is -4.43. The lowest BCUT2D eigenvalue weighted by Crippen LogP contribution is -2.31. The van der Waals surface area contributed by atoms with Gasteiger partial charge in [0, 0.05) is 28.0 Å². The first-order valence-electron chi connectivity index (χ1n) is 12.8. The predicted molar refractivity (Wildman–Crippen MR) is 155 cm³/mol. The number of hydrogen-bond donors (Lipinski definition) is 0. The molecule has 5 aromatic carbocycles. The van der Waals surface area contributed by atoms with Crippen molar-refractivity contribution in [1.29, 1.82) is 0 Å². The molecule has 0 saturated carbocycles. The average Bonchev–Trinajstić information content (AvgIpc) is 3.29. The molecule has 7 aromatic rings. The van der Waals surface area contributed by atoms with Crippen LogP contribution in [0, 0.1) is 20.8 Å². The van der Waals surface area contributed by atoms with Crippen molar-refractivity contribution in [3.63, 3.8) is 0 Å². The highest BCUT2D eigenvalue weighted by Crippen LogP contribution is 2.44. The van der Waals surface area contributed by atoms with Crippen molar-refractivity contribution < 1.29 is 8.98 Å². The molecule has 0 radical (unpaired) electrons. The summed E-state index contributed by atoms with van der Waals surface area (Å²) in [5.74, 6) is 0. The van der Waals surface area contributed by atoms with Gasteiger partial charge in [0.05, 0.1) is 5.56 Å². The molecular weight excluding hydrogens is 450 g/mol. The summed E-state index contributed by atoms with van der Waals surface area (Å²) in [5, 5.41) is 7.39. The number of rotatable bonds is 2. The molecule has 2 heteroatoms. The number of nitrogens with zero attached hydrogens (tertiary/aromatic N) is 1. The van der Waals surface area contributed by atoms with E-state index in [4.69, 9.17) is 4.42 Å². The van der Waals surface area contributed by atoms with Gasteiger partial charge in [-0.2, -0.15) is 0 Å². The Labute approximate surface area is 216 Å². The molecule has 2 heterocycles. The van der Waals surface area contributed by atoms with Gasteiger partial charge in [-0.25, -0.2) is 4.57 Å². The number of pyridine rings is 1. The second-order valence-corrected chi connectivity index (χ2v) is 10.3. The summed E-state index contributed by atoms with van der Waals surface area (Å²) in [6.07, 6.45) is 2.18. The lowest BCUT2D eigenvalue weighted by molar-refractivity contribution is -0.660. The fraction of sp³-hybridized carbons (Fsp3) is 0.114. The molecule has 0 saturated heterocycles. The van der Waals surface area contributed by atoms with E-state index >= 15 is 0 Å². The normalized spacial score (nSPS) is 11.8. The average molecular weight is 479 g/mol. The fourth-order valence-electron chi connectivity index (χ4n) is 6.15. The molecular formula is C35H28NO+. The van der Waals surface area contributed by atoms with Crippen LogP contribution in [0.2, 0.25) is 0 Å². The summed E-state index contributed by atoms with van der Waals surface area (Å²) >= 11 is 0. The Kier molecular flexibility index (Phi) is 4.74. The molecule has 2 aromatic heterocycles. The molecule has 0 spiro atoms. The van der Waals surface area contributed by atoms with Gasteiger partial charge in [-0.05, 0) is 71.1 Å². The van der Waals surface area contributed by atoms with E-state index in [9.17, 15) is 0 Å². The number of furan rings is 1. The van der Waals surface area contributed by atoms with Gasteiger partial charge >= 0.3 is 0 Å². The standard InChI is InChI=1S/C35H28NO/c1-21-16-17-31(36(4)20-21)33-23(3)18-22(2)32-29-15-9-14-28(34(29)37-35(32)33)30-19-24-10-5-6-11-25(24)26-12-7-8-13-27(26)30/h5-20H,1-4H3/q+1. The van der Waals surface area contributed by atoms with Crippen molar-refractivity contribution in [3.05, 3.63) is 114 Å². The molecule has 37 heavy (non-hydrogen) atoms. The first kappa shape index (κ1) is 21.8. The SMILES string of the molecule is Cc1ccc(-c2c(C)cc(C)c3c2oc2c(-c4cc5ccccc5c5ccccc45)cccc23)[n+](C)c1. The van der Waals surface area contributed by atoms with E-state index in [1.165, 1.54) is 54.6 Å². The lowest BCUT2D eigenvalue weighted by Gasteiger charge is -2.11. The summed E-state index contributed by atoms with van der Waals surface area (Å²) in [4.78, 5) is 0. The molecule has 0 aliphatic rings. The molecule has 0 unspecified atom stereocenters. The molecule has 0 bridgehead atoms. The van der Waals surface area contributed by atoms with Gasteiger partial charge in [0.25, 0.3) is 0 Å². The van der Waals surface area contributed by atoms with Crippen LogP contribution in [-0.2, 0) is 7.05 Å². The van der Waals surface area contributed by atoms with Gasteiger partial charge in [0.15, 0.2) is 6.20 Å². The maximum Gasteiger partial charge on any atom is 0.216 e. The van der Waals surface area contributed by atoms with Gasteiger partial charge in [-0.15, -0.1) is 0 Å². The van der Waals surface area contributed by atoms with Crippen molar-refractivity contribution >= 4 is 43.5 Å². The third-order valence-corrected chi connectivity index (χ3v) is 7.76. The maximum atomic E-state index is 6.92. The number of fused-ring (bicyclic) bond motifs is 6. The van der Waals surface area contributed by atoms with Gasteiger partial charge in [-0.1, -0.05) is 72.8 Å². The topological polar surface area (TPSA) is 17.0 Å². The summed E-state index contributed by atoms with van der Waals surface area (Å²) < 4.78 is 9.12. The Morgan fingerprint density at radius 1 is 0.595 bits per heavy atom. The van der Waals surface area contributed by atoms with Crippen molar-refractivity contribution in [2.24, 2.45) is 7.05 Å². The van der Waals surface area contributed by atoms with E-state index in [2.05, 4.69) is 130 Å². The van der Waals surface area contributed by atoms with Crippen LogP contribution in [0.3, 0.4) is 0 Å². The molecule has 0 aliphatic heterocycles. The second-order valence-electron chi connectivity index (χ2n) is 10.3. The maximum absolute atomic E-state index is 6.92. The molecule has 0 N–H and O–H groups in total. The van der Waals surface area contributed by atoms with Crippen molar-refractivity contribution in [3.8, 4) is 22.4 Å². The predicted octanol–water partition coefficient (Wildman–Crippen LogP) is 8.98. The van der Waals surface area contributed by atoms with Crippen LogP contribution < -0.4 is 4.57 Å². The van der Waals surface area contributed by atoms with Crippen molar-refractivity contribution in [2.75, 3.05) is 0 Å². The van der Waals surface area contributed by atoms with Crippen molar-refractivity contribution in [1.82, 2.24) is 0 Å². The number of para-hydroxylation sites is 1. The van der Waals surface area contributed by atoms with Crippen LogP contribution in [0.5, 0.6) is 0 Å². The van der Waals surface area contributed by atoms with Crippen LogP contribution in [0.25, 0.3) is 65.9 Å². The Bertz CT molecular complexity index is 2030. The molecule has 0 amide bonds. The van der Waals surface area contributed by atoms with Crippen LogP contribution in [0.1, 0.15) is 16.7 Å². The van der Waals surface area contributed by atoms with Gasteiger partial charge in [0.1, 0.15) is 18.2 Å². The van der Waals surface area contributed by atoms with Crippen molar-refractivity contribution in [2.45, 2.75) is 20.8 Å². The van der Waals surface area contributed by atoms with Gasteiger partial charge < -0.3 is 4.42 Å². The van der Waals surface area contributed by atoms with Crippen LogP contribution in [0.4, 0.5) is 0 Å². The first-order valence-corrected chi connectivity index (χ1v) is 12.8. The highest BCUT2D eigenvalue weighted by molar-refractivity contribution is 6.19. The lowest BCUT2D eigenvalue weighted by atomic mass is 9.92. The number of aromatic nitrogens is 1. The van der Waals surface area contributed by atoms with Crippen LogP contribution >= 0.6 is 0 Å². The highest BCUT2D eigenvalue weighted by atomic mass is 16.3. The Morgan fingerprint density at radius 3 is 2.14 bits per heavy atom. The molecule has 0 atom stereocenters. The minimum Gasteiger partial charge on any atom is -0.454 e. The summed E-state index contributed by atoms with van der Waals surface area (Å²) in [5.41, 5.74) is 10.3. The molecule has 2 nitrogen and oxygen atoms in total. The van der Waals surface area contributed by atoms with E-state index in [1.807, 2.05) is 0 Å². The van der Waals surface area contributed by atoms with Gasteiger partial charge in [0.2, 0.25) is 5.69 Å². The highest BCUT2D eigenvalue weighted by Gasteiger charge is 2.24. The number of benzene rings is 5. The van der Waals surface area contributed by atoms with E-state index in [1.54, 1.807) is 0 Å². The zero-order chi connectivity index (χ0) is 25.3.